The number of carbonyl (C=O) groups is 2. The number of fused-ring (bicyclic) bond motifs is 1. The molecule has 2 aliphatic heterocycles. The molecule has 0 aliphatic carbocycles. The van der Waals surface area contributed by atoms with E-state index in [0.717, 1.165) is 49.3 Å². The van der Waals surface area contributed by atoms with Crippen LogP contribution in [-0.4, -0.2) is 24.9 Å². The lowest BCUT2D eigenvalue weighted by Gasteiger charge is -2.31. The molecule has 4 nitrogen and oxygen atoms in total. The second-order valence-electron chi connectivity index (χ2n) is 6.84. The molecule has 2 aromatic rings. The van der Waals surface area contributed by atoms with Crippen molar-refractivity contribution < 1.29 is 9.59 Å². The van der Waals surface area contributed by atoms with E-state index in [4.69, 9.17) is 0 Å². The molecule has 4 rings (SSSR count). The Labute approximate surface area is 148 Å². The summed E-state index contributed by atoms with van der Waals surface area (Å²) in [6.07, 6.45) is 3.53. The molecule has 0 saturated carbocycles. The van der Waals surface area contributed by atoms with E-state index in [1.54, 1.807) is 4.90 Å². The molecule has 25 heavy (non-hydrogen) atoms. The Balaban J connectivity index is 1.61. The summed E-state index contributed by atoms with van der Waals surface area (Å²) in [5.41, 5.74) is 5.02. The first-order valence-corrected chi connectivity index (χ1v) is 8.96. The van der Waals surface area contributed by atoms with Gasteiger partial charge < -0.3 is 9.80 Å². The van der Waals surface area contributed by atoms with E-state index in [0.29, 0.717) is 12.0 Å². The van der Waals surface area contributed by atoms with E-state index < -0.39 is 0 Å². The minimum absolute atomic E-state index is 0.0366. The molecule has 1 fully saturated rings. The van der Waals surface area contributed by atoms with E-state index in [9.17, 15) is 9.59 Å². The molecule has 4 heteroatoms. The van der Waals surface area contributed by atoms with E-state index >= 15 is 0 Å². The van der Waals surface area contributed by atoms with E-state index in [1.807, 2.05) is 29.2 Å². The summed E-state index contributed by atoms with van der Waals surface area (Å²) >= 11 is 0. The van der Waals surface area contributed by atoms with Gasteiger partial charge in [0.2, 0.25) is 5.91 Å². The van der Waals surface area contributed by atoms with Gasteiger partial charge in [-0.15, -0.1) is 0 Å². The molecule has 2 aliphatic rings. The lowest BCUT2D eigenvalue weighted by Crippen LogP contribution is -2.36. The molecule has 0 bridgehead atoms. The largest absolute Gasteiger partial charge is 0.312 e. The Morgan fingerprint density at radius 1 is 0.960 bits per heavy atom. The van der Waals surface area contributed by atoms with Crippen LogP contribution < -0.4 is 9.80 Å². The highest BCUT2D eigenvalue weighted by Crippen LogP contribution is 2.32. The third-order valence-corrected chi connectivity index (χ3v) is 5.16. The first-order valence-electron chi connectivity index (χ1n) is 8.96. The van der Waals surface area contributed by atoms with Crippen LogP contribution in [0.1, 0.15) is 40.7 Å². The normalized spacial score (nSPS) is 16.9. The second-order valence-corrected chi connectivity index (χ2v) is 6.84. The van der Waals surface area contributed by atoms with Crippen LogP contribution in [0.3, 0.4) is 0 Å². The van der Waals surface area contributed by atoms with Crippen LogP contribution in [-0.2, 0) is 11.2 Å². The fourth-order valence-corrected chi connectivity index (χ4v) is 3.91. The summed E-state index contributed by atoms with van der Waals surface area (Å²) < 4.78 is 0. The number of para-hydroxylation sites is 1. The highest BCUT2D eigenvalue weighted by atomic mass is 16.2. The number of aryl methyl sites for hydroxylation is 2. The molecular formula is C21H22N2O2. The lowest BCUT2D eigenvalue weighted by atomic mass is 9.97. The maximum Gasteiger partial charge on any atom is 0.258 e. The predicted octanol–water partition coefficient (Wildman–Crippen LogP) is 3.71. The number of hydrogen-bond acceptors (Lipinski definition) is 2. The van der Waals surface area contributed by atoms with Crippen molar-refractivity contribution in [1.82, 2.24) is 0 Å². The molecule has 2 heterocycles. The summed E-state index contributed by atoms with van der Waals surface area (Å²) in [6, 6.07) is 13.7. The van der Waals surface area contributed by atoms with Crippen LogP contribution in [0.25, 0.3) is 0 Å². The van der Waals surface area contributed by atoms with Crippen molar-refractivity contribution in [2.24, 2.45) is 0 Å². The molecule has 0 unspecified atom stereocenters. The second kappa shape index (κ2) is 6.36. The van der Waals surface area contributed by atoms with Gasteiger partial charge in [0.15, 0.2) is 0 Å². The van der Waals surface area contributed by atoms with Crippen molar-refractivity contribution in [2.45, 2.75) is 32.6 Å². The Bertz CT molecular complexity index is 826. The smallest absolute Gasteiger partial charge is 0.258 e. The third-order valence-electron chi connectivity index (χ3n) is 5.16. The number of nitrogens with zero attached hydrogens (tertiary/aromatic N) is 2. The van der Waals surface area contributed by atoms with Gasteiger partial charge >= 0.3 is 0 Å². The van der Waals surface area contributed by atoms with Crippen molar-refractivity contribution in [2.75, 3.05) is 22.9 Å². The van der Waals surface area contributed by atoms with Gasteiger partial charge in [-0.1, -0.05) is 18.2 Å². The first-order chi connectivity index (χ1) is 12.1. The zero-order valence-corrected chi connectivity index (χ0v) is 14.5. The summed E-state index contributed by atoms with van der Waals surface area (Å²) in [5, 5.41) is 0. The average Bonchev–Trinajstić information content (AvgIpc) is 3.07. The minimum Gasteiger partial charge on any atom is -0.312 e. The summed E-state index contributed by atoms with van der Waals surface area (Å²) in [6.45, 7) is 3.58. The highest BCUT2D eigenvalue weighted by molar-refractivity contribution is 6.07. The van der Waals surface area contributed by atoms with Gasteiger partial charge in [-0.2, -0.15) is 0 Å². The fourth-order valence-electron chi connectivity index (χ4n) is 3.91. The third kappa shape index (κ3) is 2.82. The average molecular weight is 334 g/mol. The maximum atomic E-state index is 13.1. The van der Waals surface area contributed by atoms with Gasteiger partial charge in [-0.3, -0.25) is 9.59 Å². The van der Waals surface area contributed by atoms with E-state index in [2.05, 4.69) is 25.1 Å². The molecule has 0 spiro atoms. The standard InChI is InChI=1S/C21H22N2O2/c1-15-5-2-6-16-7-3-14-23(20(15)16)21(25)17-9-11-18(12-10-17)22-13-4-8-19(22)24/h2,5-6,9-12H,3-4,7-8,13-14H2,1H3. The summed E-state index contributed by atoms with van der Waals surface area (Å²) in [4.78, 5) is 28.6. The SMILES string of the molecule is Cc1cccc2c1N(C(=O)c1ccc(N3CCCC3=O)cc1)CCC2. The minimum atomic E-state index is 0.0366. The van der Waals surface area contributed by atoms with Gasteiger partial charge in [0.1, 0.15) is 0 Å². The van der Waals surface area contributed by atoms with Crippen molar-refractivity contribution in [3.05, 3.63) is 59.2 Å². The van der Waals surface area contributed by atoms with Crippen LogP contribution >= 0.6 is 0 Å². The highest BCUT2D eigenvalue weighted by Gasteiger charge is 2.26. The number of anilines is 2. The Morgan fingerprint density at radius 2 is 1.72 bits per heavy atom. The molecule has 128 valence electrons. The Hall–Kier alpha value is -2.62. The number of rotatable bonds is 2. The molecule has 2 amide bonds. The monoisotopic (exact) mass is 334 g/mol. The van der Waals surface area contributed by atoms with Crippen LogP contribution in [0.4, 0.5) is 11.4 Å². The van der Waals surface area contributed by atoms with Gasteiger partial charge in [-0.05, 0) is 61.6 Å². The van der Waals surface area contributed by atoms with Gasteiger partial charge in [0.25, 0.3) is 5.91 Å². The lowest BCUT2D eigenvalue weighted by molar-refractivity contribution is -0.117. The van der Waals surface area contributed by atoms with Crippen molar-refractivity contribution >= 4 is 23.2 Å². The van der Waals surface area contributed by atoms with Crippen LogP contribution in [0.2, 0.25) is 0 Å². The molecular weight excluding hydrogens is 312 g/mol. The van der Waals surface area contributed by atoms with E-state index in [-0.39, 0.29) is 11.8 Å². The summed E-state index contributed by atoms with van der Waals surface area (Å²) in [7, 11) is 0. The number of benzene rings is 2. The molecule has 2 aromatic carbocycles. The molecule has 0 aromatic heterocycles. The van der Waals surface area contributed by atoms with Gasteiger partial charge in [-0.25, -0.2) is 0 Å². The Morgan fingerprint density at radius 3 is 2.44 bits per heavy atom. The zero-order valence-electron chi connectivity index (χ0n) is 14.5. The number of hydrogen-bond donors (Lipinski definition) is 0. The van der Waals surface area contributed by atoms with Gasteiger partial charge in [0.05, 0.1) is 5.69 Å². The quantitative estimate of drug-likeness (QED) is 0.840. The number of carbonyl (C=O) groups excluding carboxylic acids is 2. The van der Waals surface area contributed by atoms with Gasteiger partial charge in [0, 0.05) is 30.8 Å². The fraction of sp³-hybridized carbons (Fsp3) is 0.333. The van der Waals surface area contributed by atoms with Crippen LogP contribution in [0, 0.1) is 6.92 Å². The first kappa shape index (κ1) is 15.9. The molecule has 0 N–H and O–H groups in total. The van der Waals surface area contributed by atoms with E-state index in [1.165, 1.54) is 5.56 Å². The topological polar surface area (TPSA) is 40.6 Å². The number of amides is 2. The molecule has 1 saturated heterocycles. The summed E-state index contributed by atoms with van der Waals surface area (Å²) in [5.74, 6) is 0.203. The maximum absolute atomic E-state index is 13.1. The molecule has 0 radical (unpaired) electrons. The van der Waals surface area contributed by atoms with Crippen molar-refractivity contribution in [3.63, 3.8) is 0 Å². The zero-order chi connectivity index (χ0) is 17.4. The predicted molar refractivity (Wildman–Crippen MR) is 99.2 cm³/mol. The van der Waals surface area contributed by atoms with Crippen LogP contribution in [0.5, 0.6) is 0 Å². The Kier molecular flexibility index (Phi) is 4.04. The van der Waals surface area contributed by atoms with Crippen molar-refractivity contribution in [3.8, 4) is 0 Å². The van der Waals surface area contributed by atoms with Crippen molar-refractivity contribution in [1.29, 1.82) is 0 Å². The van der Waals surface area contributed by atoms with Crippen LogP contribution in [0.15, 0.2) is 42.5 Å². The molecule has 0 atom stereocenters.